The van der Waals surface area contributed by atoms with Gasteiger partial charge in [0.15, 0.2) is 6.23 Å². The number of fused-ring (bicyclic) bond motifs is 1. The number of hydrazine groups is 1. The van der Waals surface area contributed by atoms with Crippen LogP contribution in [-0.4, -0.2) is 30.0 Å². The summed E-state index contributed by atoms with van der Waals surface area (Å²) in [4.78, 5) is 16.3. The van der Waals surface area contributed by atoms with Crippen molar-refractivity contribution in [3.8, 4) is 0 Å². The van der Waals surface area contributed by atoms with Gasteiger partial charge < -0.3 is 4.74 Å². The number of carbonyl (C=O) groups is 1. The lowest BCUT2D eigenvalue weighted by Crippen LogP contribution is -2.37. The van der Waals surface area contributed by atoms with Gasteiger partial charge in [-0.15, -0.1) is 0 Å². The van der Waals surface area contributed by atoms with Crippen molar-refractivity contribution in [2.45, 2.75) is 32.5 Å². The van der Waals surface area contributed by atoms with E-state index in [-0.39, 0.29) is 18.2 Å². The summed E-state index contributed by atoms with van der Waals surface area (Å²) in [5, 5.41) is 1.58. The summed E-state index contributed by atoms with van der Waals surface area (Å²) in [6.07, 6.45) is 0.785. The van der Waals surface area contributed by atoms with Crippen molar-refractivity contribution in [1.82, 2.24) is 10.6 Å². The lowest BCUT2D eigenvalue weighted by atomic mass is 10.2. The number of nitrogens with zero attached hydrogens (tertiary/aromatic N) is 1. The summed E-state index contributed by atoms with van der Waals surface area (Å²) in [6.45, 7) is 4.52. The first kappa shape index (κ1) is 8.93. The Morgan fingerprint density at radius 2 is 2.54 bits per heavy atom. The molecule has 5 heteroatoms. The summed E-state index contributed by atoms with van der Waals surface area (Å²) in [5.74, 6) is 0.209. The van der Waals surface area contributed by atoms with E-state index in [1.54, 1.807) is 5.17 Å². The van der Waals surface area contributed by atoms with Crippen molar-refractivity contribution in [3.63, 3.8) is 0 Å². The van der Waals surface area contributed by atoms with Gasteiger partial charge in [-0.3, -0.25) is 9.63 Å². The van der Waals surface area contributed by atoms with Crippen LogP contribution in [0.25, 0.3) is 0 Å². The number of rotatable bonds is 3. The molecule has 0 aromatic rings. The maximum absolute atomic E-state index is 11.3. The highest BCUT2D eigenvalue weighted by atomic mass is 16.9. The highest BCUT2D eigenvalue weighted by molar-refractivity contribution is 5.76. The van der Waals surface area contributed by atoms with Crippen LogP contribution in [-0.2, 0) is 14.4 Å². The maximum atomic E-state index is 11.3. The molecule has 2 heterocycles. The van der Waals surface area contributed by atoms with Crippen LogP contribution in [0.3, 0.4) is 0 Å². The molecule has 2 fully saturated rings. The molecule has 2 saturated heterocycles. The van der Waals surface area contributed by atoms with Gasteiger partial charge in [0.1, 0.15) is 6.04 Å². The van der Waals surface area contributed by atoms with E-state index in [1.807, 2.05) is 13.8 Å². The molecule has 2 rings (SSSR count). The Balaban J connectivity index is 1.71. The predicted molar refractivity (Wildman–Crippen MR) is 44.0 cm³/mol. The van der Waals surface area contributed by atoms with E-state index in [2.05, 4.69) is 5.43 Å². The molecule has 0 bridgehead atoms. The molecule has 74 valence electrons. The number of nitrogens with one attached hydrogen (secondary N) is 1. The third kappa shape index (κ3) is 1.99. The zero-order valence-corrected chi connectivity index (χ0v) is 7.82. The molecule has 0 aliphatic carbocycles. The van der Waals surface area contributed by atoms with Gasteiger partial charge in [-0.1, -0.05) is 19.0 Å². The van der Waals surface area contributed by atoms with Gasteiger partial charge in [0, 0.05) is 6.42 Å². The SMILES string of the molecule is CC(C)COC(=O)C1CC2ON2N1. The van der Waals surface area contributed by atoms with Gasteiger partial charge in [0.05, 0.1) is 6.61 Å². The van der Waals surface area contributed by atoms with Crippen LogP contribution in [0, 0.1) is 5.92 Å². The van der Waals surface area contributed by atoms with E-state index in [0.29, 0.717) is 18.9 Å². The standard InChI is InChI=1S/C8H14N2O3/c1-5(2)4-12-8(11)6-3-7-10(9-6)13-7/h5-7,9H,3-4H2,1-2H3. The third-order valence-corrected chi connectivity index (χ3v) is 2.02. The second-order valence-corrected chi connectivity index (χ2v) is 3.83. The average molecular weight is 186 g/mol. The minimum atomic E-state index is -0.211. The molecule has 0 spiro atoms. The molecule has 0 radical (unpaired) electrons. The van der Waals surface area contributed by atoms with Gasteiger partial charge in [0.2, 0.25) is 0 Å². The summed E-state index contributed by atoms with van der Waals surface area (Å²) < 4.78 is 5.07. The first-order valence-electron chi connectivity index (χ1n) is 4.55. The fraction of sp³-hybridized carbons (Fsp3) is 0.875. The van der Waals surface area contributed by atoms with Gasteiger partial charge in [-0.2, -0.15) is 0 Å². The third-order valence-electron chi connectivity index (χ3n) is 2.02. The summed E-state index contributed by atoms with van der Waals surface area (Å²) in [7, 11) is 0. The molecule has 1 N–H and O–H groups in total. The lowest BCUT2D eigenvalue weighted by Gasteiger charge is -2.12. The van der Waals surface area contributed by atoms with E-state index in [1.165, 1.54) is 0 Å². The van der Waals surface area contributed by atoms with E-state index < -0.39 is 0 Å². The van der Waals surface area contributed by atoms with Crippen LogP contribution in [0.1, 0.15) is 20.3 Å². The second-order valence-electron chi connectivity index (χ2n) is 3.83. The first-order chi connectivity index (χ1) is 6.16. The van der Waals surface area contributed by atoms with Gasteiger partial charge in [0.25, 0.3) is 0 Å². The fourth-order valence-corrected chi connectivity index (χ4v) is 1.26. The molecule has 0 saturated carbocycles. The van der Waals surface area contributed by atoms with Crippen LogP contribution >= 0.6 is 0 Å². The van der Waals surface area contributed by atoms with Crippen LogP contribution in [0.2, 0.25) is 0 Å². The Labute approximate surface area is 76.9 Å². The predicted octanol–water partition coefficient (Wildman–Crippen LogP) is 0.0358. The Kier molecular flexibility index (Phi) is 2.23. The topological polar surface area (TPSA) is 53.9 Å². The molecular weight excluding hydrogens is 172 g/mol. The summed E-state index contributed by atoms with van der Waals surface area (Å²) >= 11 is 0. The molecule has 3 atom stereocenters. The Hall–Kier alpha value is -0.650. The van der Waals surface area contributed by atoms with Crippen molar-refractivity contribution in [2.24, 2.45) is 5.92 Å². The molecule has 0 aromatic carbocycles. The summed E-state index contributed by atoms with van der Waals surface area (Å²) in [6, 6.07) is -0.211. The van der Waals surface area contributed by atoms with Gasteiger partial charge in [-0.05, 0) is 5.92 Å². The molecule has 2 aliphatic rings. The Morgan fingerprint density at radius 3 is 3.08 bits per heavy atom. The lowest BCUT2D eigenvalue weighted by molar-refractivity contribution is -0.148. The van der Waals surface area contributed by atoms with Crippen molar-refractivity contribution in [2.75, 3.05) is 6.61 Å². The van der Waals surface area contributed by atoms with Gasteiger partial charge >= 0.3 is 5.97 Å². The Morgan fingerprint density at radius 1 is 1.77 bits per heavy atom. The first-order valence-corrected chi connectivity index (χ1v) is 4.55. The minimum absolute atomic E-state index is 0.0941. The molecule has 5 nitrogen and oxygen atoms in total. The molecule has 13 heavy (non-hydrogen) atoms. The van der Waals surface area contributed by atoms with Crippen LogP contribution in [0.5, 0.6) is 0 Å². The number of esters is 1. The molecular formula is C8H14N2O3. The number of hydrogen-bond donors (Lipinski definition) is 1. The number of hydroxylamine groups is 1. The fourth-order valence-electron chi connectivity index (χ4n) is 1.26. The van der Waals surface area contributed by atoms with Crippen molar-refractivity contribution in [1.29, 1.82) is 0 Å². The Bertz CT molecular complexity index is 209. The maximum Gasteiger partial charge on any atom is 0.324 e. The quantitative estimate of drug-likeness (QED) is 0.498. The van der Waals surface area contributed by atoms with Crippen LogP contribution in [0.4, 0.5) is 0 Å². The van der Waals surface area contributed by atoms with Crippen LogP contribution < -0.4 is 5.43 Å². The van der Waals surface area contributed by atoms with E-state index in [9.17, 15) is 4.79 Å². The normalized spacial score (nSPS) is 36.1. The van der Waals surface area contributed by atoms with Gasteiger partial charge in [-0.25, -0.2) is 5.43 Å². The van der Waals surface area contributed by atoms with E-state index in [0.717, 1.165) is 0 Å². The highest BCUT2D eigenvalue weighted by Gasteiger charge is 2.49. The second kappa shape index (κ2) is 3.25. The molecule has 3 unspecified atom stereocenters. The van der Waals surface area contributed by atoms with E-state index in [4.69, 9.17) is 9.57 Å². The summed E-state index contributed by atoms with van der Waals surface area (Å²) in [5.41, 5.74) is 2.89. The molecule has 2 aliphatic heterocycles. The smallest absolute Gasteiger partial charge is 0.324 e. The van der Waals surface area contributed by atoms with Crippen molar-refractivity contribution < 1.29 is 14.4 Å². The molecule has 0 amide bonds. The largest absolute Gasteiger partial charge is 0.464 e. The molecule has 0 aromatic heterocycles. The minimum Gasteiger partial charge on any atom is -0.464 e. The zero-order chi connectivity index (χ0) is 9.42. The number of ether oxygens (including phenoxy) is 1. The highest BCUT2D eigenvalue weighted by Crippen LogP contribution is 2.29. The van der Waals surface area contributed by atoms with Crippen LogP contribution in [0.15, 0.2) is 0 Å². The van der Waals surface area contributed by atoms with Crippen molar-refractivity contribution in [3.05, 3.63) is 0 Å². The average Bonchev–Trinajstić information content (AvgIpc) is 2.69. The number of hydrogen-bond acceptors (Lipinski definition) is 5. The monoisotopic (exact) mass is 186 g/mol. The number of carbonyl (C=O) groups excluding carboxylic acids is 1. The zero-order valence-electron chi connectivity index (χ0n) is 7.82. The van der Waals surface area contributed by atoms with E-state index >= 15 is 0 Å². The van der Waals surface area contributed by atoms with Crippen molar-refractivity contribution >= 4 is 5.97 Å².